The Labute approximate surface area is 209 Å². The Morgan fingerprint density at radius 3 is 2.63 bits per heavy atom. The van der Waals surface area contributed by atoms with E-state index in [1.807, 2.05) is 18.2 Å². The molecule has 1 amide bonds. The standard InChI is InChI=1S/C26H38N4O4S/c1-4-5-17-29-19-25(20(2)27-29)35(32,33)30-18-11-10-16-28(3)26(31)21-12-6-8-14-23(21)34-24-15-9-7-13-22(24)30/h6,8,12,14,19,22,24H,4-5,7,9-11,13,15-18H2,1-3H3/t22-,24+/m1/s1. The van der Waals surface area contributed by atoms with E-state index in [-0.39, 0.29) is 22.9 Å². The van der Waals surface area contributed by atoms with Crippen molar-refractivity contribution in [2.75, 3.05) is 20.1 Å². The van der Waals surface area contributed by atoms with E-state index in [2.05, 4.69) is 12.0 Å². The van der Waals surface area contributed by atoms with Crippen LogP contribution in [0.15, 0.2) is 35.4 Å². The van der Waals surface area contributed by atoms with E-state index in [1.54, 1.807) is 40.1 Å². The molecule has 4 rings (SSSR count). The lowest BCUT2D eigenvalue weighted by molar-refractivity contribution is 0.0658. The van der Waals surface area contributed by atoms with Gasteiger partial charge in [0.05, 0.1) is 17.3 Å². The molecule has 1 saturated carbocycles. The first kappa shape index (κ1) is 25.7. The number of fused-ring (bicyclic) bond motifs is 2. The van der Waals surface area contributed by atoms with Crippen LogP contribution in [0.1, 0.15) is 74.3 Å². The summed E-state index contributed by atoms with van der Waals surface area (Å²) in [4.78, 5) is 15.1. The molecule has 0 spiro atoms. The monoisotopic (exact) mass is 502 g/mol. The topological polar surface area (TPSA) is 84.7 Å². The predicted molar refractivity (Wildman–Crippen MR) is 135 cm³/mol. The molecule has 1 aromatic carbocycles. The predicted octanol–water partition coefficient (Wildman–Crippen LogP) is 4.24. The molecule has 0 N–H and O–H groups in total. The van der Waals surface area contributed by atoms with Crippen LogP contribution in [0.25, 0.3) is 0 Å². The Bertz CT molecular complexity index is 1130. The van der Waals surface area contributed by atoms with Crippen LogP contribution in [0.5, 0.6) is 5.75 Å². The van der Waals surface area contributed by atoms with Gasteiger partial charge in [0.25, 0.3) is 5.91 Å². The zero-order valence-electron chi connectivity index (χ0n) is 21.1. The van der Waals surface area contributed by atoms with Crippen LogP contribution in [-0.2, 0) is 16.6 Å². The lowest BCUT2D eigenvalue weighted by Crippen LogP contribution is -2.51. The zero-order valence-corrected chi connectivity index (χ0v) is 22.0. The average Bonchev–Trinajstić information content (AvgIpc) is 3.23. The molecule has 192 valence electrons. The summed E-state index contributed by atoms with van der Waals surface area (Å²) in [5.41, 5.74) is 1.07. The van der Waals surface area contributed by atoms with Gasteiger partial charge in [0.2, 0.25) is 10.0 Å². The minimum absolute atomic E-state index is 0.0619. The largest absolute Gasteiger partial charge is 0.488 e. The summed E-state index contributed by atoms with van der Waals surface area (Å²) in [6.45, 7) is 5.55. The molecule has 0 unspecified atom stereocenters. The quantitative estimate of drug-likeness (QED) is 0.611. The van der Waals surface area contributed by atoms with Crippen molar-refractivity contribution in [3.63, 3.8) is 0 Å². The summed E-state index contributed by atoms with van der Waals surface area (Å²) in [6.07, 6.45) is 8.17. The summed E-state index contributed by atoms with van der Waals surface area (Å²) in [5, 5.41) is 4.50. The van der Waals surface area contributed by atoms with Gasteiger partial charge in [-0.05, 0) is 57.6 Å². The van der Waals surface area contributed by atoms with Crippen LogP contribution < -0.4 is 4.74 Å². The molecule has 1 fully saturated rings. The number of rotatable bonds is 5. The Kier molecular flexibility index (Phi) is 8.16. The van der Waals surface area contributed by atoms with Gasteiger partial charge in [0.15, 0.2) is 0 Å². The minimum Gasteiger partial charge on any atom is -0.488 e. The number of nitrogens with zero attached hydrogens (tertiary/aromatic N) is 4. The van der Waals surface area contributed by atoms with E-state index in [9.17, 15) is 13.2 Å². The highest BCUT2D eigenvalue weighted by molar-refractivity contribution is 7.89. The van der Waals surface area contributed by atoms with E-state index in [0.717, 1.165) is 44.9 Å². The molecule has 1 aromatic heterocycles. The smallest absolute Gasteiger partial charge is 0.257 e. The van der Waals surface area contributed by atoms with Crippen LogP contribution in [0.3, 0.4) is 0 Å². The van der Waals surface area contributed by atoms with Gasteiger partial charge in [-0.15, -0.1) is 0 Å². The molecule has 2 atom stereocenters. The van der Waals surface area contributed by atoms with Crippen molar-refractivity contribution in [3.8, 4) is 5.75 Å². The lowest BCUT2D eigenvalue weighted by Gasteiger charge is -2.39. The van der Waals surface area contributed by atoms with E-state index < -0.39 is 10.0 Å². The number of sulfonamides is 1. The number of carbonyl (C=O) groups excluding carboxylic acids is 1. The number of aryl methyl sites for hydroxylation is 2. The maximum absolute atomic E-state index is 14.1. The number of benzene rings is 1. The fourth-order valence-electron chi connectivity index (χ4n) is 5.16. The maximum atomic E-state index is 14.1. The summed E-state index contributed by atoms with van der Waals surface area (Å²) in [6, 6.07) is 7.03. The Morgan fingerprint density at radius 2 is 1.83 bits per heavy atom. The zero-order chi connectivity index (χ0) is 25.0. The van der Waals surface area contributed by atoms with Gasteiger partial charge < -0.3 is 9.64 Å². The van der Waals surface area contributed by atoms with Gasteiger partial charge in [-0.25, -0.2) is 8.42 Å². The van der Waals surface area contributed by atoms with Crippen LogP contribution in [0.4, 0.5) is 0 Å². The number of ether oxygens (including phenoxy) is 1. The summed E-state index contributed by atoms with van der Waals surface area (Å²) in [5.74, 6) is 0.468. The second-order valence-electron chi connectivity index (χ2n) is 9.75. The van der Waals surface area contributed by atoms with Crippen molar-refractivity contribution in [1.82, 2.24) is 19.0 Å². The summed E-state index contributed by atoms with van der Waals surface area (Å²) in [7, 11) is -1.98. The molecule has 9 heteroatoms. The van der Waals surface area contributed by atoms with Crippen LogP contribution in [-0.4, -0.2) is 65.6 Å². The Morgan fingerprint density at radius 1 is 1.09 bits per heavy atom. The van der Waals surface area contributed by atoms with Gasteiger partial charge >= 0.3 is 0 Å². The van der Waals surface area contributed by atoms with Crippen molar-refractivity contribution < 1.29 is 17.9 Å². The third-order valence-electron chi connectivity index (χ3n) is 7.13. The van der Waals surface area contributed by atoms with Crippen molar-refractivity contribution in [1.29, 1.82) is 0 Å². The first-order valence-corrected chi connectivity index (χ1v) is 14.3. The fraction of sp³-hybridized carbons (Fsp3) is 0.615. The number of aromatic nitrogens is 2. The van der Waals surface area contributed by atoms with Gasteiger partial charge in [0.1, 0.15) is 16.7 Å². The summed E-state index contributed by atoms with van der Waals surface area (Å²) >= 11 is 0. The molecule has 8 nitrogen and oxygen atoms in total. The molecule has 0 saturated heterocycles. The molecular weight excluding hydrogens is 464 g/mol. The number of para-hydroxylation sites is 1. The molecule has 1 aliphatic heterocycles. The molecular formula is C26H38N4O4S. The lowest BCUT2D eigenvalue weighted by atomic mass is 9.92. The maximum Gasteiger partial charge on any atom is 0.257 e. The minimum atomic E-state index is -3.77. The molecule has 2 aliphatic rings. The van der Waals surface area contributed by atoms with Crippen LogP contribution in [0.2, 0.25) is 0 Å². The first-order chi connectivity index (χ1) is 16.8. The molecule has 1 aliphatic carbocycles. The highest BCUT2D eigenvalue weighted by Crippen LogP contribution is 2.33. The Balaban J connectivity index is 1.72. The molecule has 35 heavy (non-hydrogen) atoms. The number of amides is 1. The molecule has 0 bridgehead atoms. The normalized spacial score (nSPS) is 22.5. The second kappa shape index (κ2) is 11.1. The third-order valence-corrected chi connectivity index (χ3v) is 9.16. The van der Waals surface area contributed by atoms with Crippen molar-refractivity contribution in [2.45, 2.75) is 88.8 Å². The van der Waals surface area contributed by atoms with Gasteiger partial charge in [-0.2, -0.15) is 9.40 Å². The van der Waals surface area contributed by atoms with Gasteiger partial charge in [-0.1, -0.05) is 31.9 Å². The molecule has 2 aromatic rings. The summed E-state index contributed by atoms with van der Waals surface area (Å²) < 4.78 is 38.1. The first-order valence-electron chi connectivity index (χ1n) is 12.9. The fourth-order valence-corrected chi connectivity index (χ4v) is 7.04. The van der Waals surface area contributed by atoms with E-state index in [4.69, 9.17) is 4.74 Å². The van der Waals surface area contributed by atoms with Crippen LogP contribution in [0, 0.1) is 6.92 Å². The van der Waals surface area contributed by atoms with Gasteiger partial charge in [0, 0.05) is 32.9 Å². The number of unbranched alkanes of at least 4 members (excludes halogenated alkanes) is 1. The van der Waals surface area contributed by atoms with Crippen molar-refractivity contribution in [2.24, 2.45) is 0 Å². The van der Waals surface area contributed by atoms with Crippen molar-refractivity contribution in [3.05, 3.63) is 41.7 Å². The van der Waals surface area contributed by atoms with Crippen LogP contribution >= 0.6 is 0 Å². The second-order valence-corrected chi connectivity index (χ2v) is 11.6. The van der Waals surface area contributed by atoms with E-state index in [0.29, 0.717) is 43.1 Å². The average molecular weight is 503 g/mol. The molecule has 0 radical (unpaired) electrons. The van der Waals surface area contributed by atoms with Crippen molar-refractivity contribution >= 4 is 15.9 Å². The molecule has 2 heterocycles. The third kappa shape index (κ3) is 5.56. The number of hydrogen-bond donors (Lipinski definition) is 0. The van der Waals surface area contributed by atoms with E-state index in [1.165, 1.54) is 0 Å². The highest BCUT2D eigenvalue weighted by Gasteiger charge is 2.40. The van der Waals surface area contributed by atoms with E-state index >= 15 is 0 Å². The SMILES string of the molecule is CCCCn1cc(S(=O)(=O)N2CCCCN(C)C(=O)c3ccccc3O[C@H]3CCCC[C@H]32)c(C)n1. The highest BCUT2D eigenvalue weighted by atomic mass is 32.2. The number of hydrogen-bond acceptors (Lipinski definition) is 5. The number of carbonyl (C=O) groups is 1. The van der Waals surface area contributed by atoms with Gasteiger partial charge in [-0.3, -0.25) is 9.48 Å². The Hall–Kier alpha value is -2.39.